The zero-order valence-electron chi connectivity index (χ0n) is 12.1. The van der Waals surface area contributed by atoms with E-state index in [2.05, 4.69) is 26.1 Å². The first-order valence-corrected chi connectivity index (χ1v) is 7.38. The molecule has 0 unspecified atom stereocenters. The third-order valence-electron chi connectivity index (χ3n) is 4.89. The van der Waals surface area contributed by atoms with Crippen LogP contribution < -0.4 is 5.32 Å². The molecule has 104 valence electrons. The Kier molecular flexibility index (Phi) is 3.88. The highest BCUT2D eigenvalue weighted by atomic mass is 16.5. The first kappa shape index (κ1) is 13.7. The quantitative estimate of drug-likeness (QED) is 0.810. The maximum Gasteiger partial charge on any atom is 0.407 e. The van der Waals surface area contributed by atoms with E-state index in [4.69, 9.17) is 4.74 Å². The van der Waals surface area contributed by atoms with E-state index in [0.717, 1.165) is 13.0 Å². The van der Waals surface area contributed by atoms with Crippen LogP contribution in [0.1, 0.15) is 59.3 Å². The van der Waals surface area contributed by atoms with Crippen LogP contribution in [0.4, 0.5) is 4.79 Å². The molecule has 3 aliphatic carbocycles. The first-order chi connectivity index (χ1) is 8.47. The second kappa shape index (κ2) is 5.10. The van der Waals surface area contributed by atoms with E-state index in [0.29, 0.717) is 23.4 Å². The molecule has 0 aromatic carbocycles. The molecule has 3 rings (SSSR count). The molecule has 0 aromatic heterocycles. The Hall–Kier alpha value is -0.730. The fourth-order valence-corrected chi connectivity index (χ4v) is 3.86. The lowest BCUT2D eigenvalue weighted by Gasteiger charge is -2.59. The molecule has 1 N–H and O–H groups in total. The van der Waals surface area contributed by atoms with Gasteiger partial charge in [-0.1, -0.05) is 33.6 Å². The van der Waals surface area contributed by atoms with Gasteiger partial charge in [-0.25, -0.2) is 4.79 Å². The van der Waals surface area contributed by atoms with Gasteiger partial charge in [0.05, 0.1) is 6.61 Å². The standard InChI is InChI=1S/C15H27NO2/c1-4-12(2)8-18-13(17)16-11-15-7-5-6-14(3,9-15)10-15/h12H,4-11H2,1-3H3,(H,16,17)/t12-,14?,15?/m0/s1. The number of fused-ring (bicyclic) bond motifs is 2. The molecule has 0 saturated heterocycles. The highest BCUT2D eigenvalue weighted by Crippen LogP contribution is 2.62. The van der Waals surface area contributed by atoms with E-state index in [1.54, 1.807) is 0 Å². The largest absolute Gasteiger partial charge is 0.449 e. The lowest BCUT2D eigenvalue weighted by molar-refractivity contribution is -0.0783. The van der Waals surface area contributed by atoms with Crippen molar-refractivity contribution in [2.45, 2.75) is 59.3 Å². The van der Waals surface area contributed by atoms with Crippen molar-refractivity contribution in [1.82, 2.24) is 5.32 Å². The summed E-state index contributed by atoms with van der Waals surface area (Å²) in [5.74, 6) is 0.454. The van der Waals surface area contributed by atoms with Gasteiger partial charge < -0.3 is 10.1 Å². The molecule has 3 saturated carbocycles. The van der Waals surface area contributed by atoms with Crippen LogP contribution in [0.3, 0.4) is 0 Å². The van der Waals surface area contributed by atoms with Gasteiger partial charge in [0.2, 0.25) is 0 Å². The van der Waals surface area contributed by atoms with Gasteiger partial charge in [0.15, 0.2) is 0 Å². The molecule has 3 nitrogen and oxygen atoms in total. The van der Waals surface area contributed by atoms with Crippen molar-refractivity contribution >= 4 is 6.09 Å². The first-order valence-electron chi connectivity index (χ1n) is 7.38. The van der Waals surface area contributed by atoms with Crippen LogP contribution >= 0.6 is 0 Å². The van der Waals surface area contributed by atoms with Crippen molar-refractivity contribution in [1.29, 1.82) is 0 Å². The minimum atomic E-state index is -0.233. The van der Waals surface area contributed by atoms with Gasteiger partial charge in [-0.15, -0.1) is 0 Å². The molecule has 1 atom stereocenters. The summed E-state index contributed by atoms with van der Waals surface area (Å²) in [6.45, 7) is 7.94. The summed E-state index contributed by atoms with van der Waals surface area (Å²) in [4.78, 5) is 11.6. The zero-order valence-corrected chi connectivity index (χ0v) is 12.1. The van der Waals surface area contributed by atoms with E-state index in [1.165, 1.54) is 32.1 Å². The molecule has 3 heteroatoms. The Labute approximate surface area is 111 Å². The number of rotatable bonds is 5. The molecule has 1 amide bonds. The second-order valence-electron chi connectivity index (χ2n) is 6.98. The molecule has 2 bridgehead atoms. The lowest BCUT2D eigenvalue weighted by Crippen LogP contribution is -2.54. The van der Waals surface area contributed by atoms with Crippen LogP contribution in [0.15, 0.2) is 0 Å². The molecule has 0 radical (unpaired) electrons. The van der Waals surface area contributed by atoms with Crippen LogP contribution in [0.25, 0.3) is 0 Å². The predicted molar refractivity (Wildman–Crippen MR) is 72.4 cm³/mol. The van der Waals surface area contributed by atoms with Gasteiger partial charge in [0, 0.05) is 6.54 Å². The van der Waals surface area contributed by atoms with Crippen LogP contribution in [-0.4, -0.2) is 19.2 Å². The zero-order chi connectivity index (χ0) is 13.2. The summed E-state index contributed by atoms with van der Waals surface area (Å²) < 4.78 is 5.22. The summed E-state index contributed by atoms with van der Waals surface area (Å²) in [6, 6.07) is 0. The highest BCUT2D eigenvalue weighted by molar-refractivity contribution is 5.67. The summed E-state index contributed by atoms with van der Waals surface area (Å²) in [5.41, 5.74) is 0.961. The SMILES string of the molecule is CC[C@H](C)COC(=O)NCC12CCCC(C)(C1)C2. The van der Waals surface area contributed by atoms with Gasteiger partial charge in [0.25, 0.3) is 0 Å². The van der Waals surface area contributed by atoms with Crippen LogP contribution in [-0.2, 0) is 4.74 Å². The highest BCUT2D eigenvalue weighted by Gasteiger charge is 2.54. The Morgan fingerprint density at radius 1 is 1.39 bits per heavy atom. The second-order valence-corrected chi connectivity index (χ2v) is 6.98. The van der Waals surface area contributed by atoms with E-state index in [-0.39, 0.29) is 6.09 Å². The van der Waals surface area contributed by atoms with Gasteiger partial charge in [0.1, 0.15) is 0 Å². The number of nitrogens with one attached hydrogen (secondary N) is 1. The van der Waals surface area contributed by atoms with Gasteiger partial charge in [-0.05, 0) is 42.4 Å². The van der Waals surface area contributed by atoms with Crippen LogP contribution in [0.5, 0.6) is 0 Å². The smallest absolute Gasteiger partial charge is 0.407 e. The maximum atomic E-state index is 11.6. The van der Waals surface area contributed by atoms with Crippen LogP contribution in [0, 0.1) is 16.7 Å². The van der Waals surface area contributed by atoms with E-state index in [1.807, 2.05) is 0 Å². The maximum absolute atomic E-state index is 11.6. The predicted octanol–water partition coefficient (Wildman–Crippen LogP) is 3.73. The molecule has 3 aliphatic rings. The average Bonchev–Trinajstić information content (AvgIpc) is 2.32. The van der Waals surface area contributed by atoms with Crippen molar-refractivity contribution < 1.29 is 9.53 Å². The molecule has 3 fully saturated rings. The van der Waals surface area contributed by atoms with Crippen molar-refractivity contribution in [3.05, 3.63) is 0 Å². The molecule has 0 spiro atoms. The fraction of sp³-hybridized carbons (Fsp3) is 0.933. The summed E-state index contributed by atoms with van der Waals surface area (Å²) in [5, 5.41) is 2.97. The Morgan fingerprint density at radius 2 is 2.11 bits per heavy atom. The number of ether oxygens (including phenoxy) is 1. The molecular formula is C15H27NO2. The third kappa shape index (κ3) is 2.99. The minimum absolute atomic E-state index is 0.233. The van der Waals surface area contributed by atoms with Gasteiger partial charge in [-0.3, -0.25) is 0 Å². The number of hydrogen-bond donors (Lipinski definition) is 1. The Morgan fingerprint density at radius 3 is 2.72 bits per heavy atom. The normalized spacial score (nSPS) is 35.5. The van der Waals surface area contributed by atoms with Crippen molar-refractivity contribution in [3.63, 3.8) is 0 Å². The number of alkyl carbamates (subject to hydrolysis) is 1. The van der Waals surface area contributed by atoms with E-state index < -0.39 is 0 Å². The third-order valence-corrected chi connectivity index (χ3v) is 4.89. The number of amides is 1. The average molecular weight is 253 g/mol. The molecule has 0 aromatic rings. The summed E-state index contributed by atoms with van der Waals surface area (Å²) in [7, 11) is 0. The van der Waals surface area contributed by atoms with Gasteiger partial charge in [-0.2, -0.15) is 0 Å². The fourth-order valence-electron chi connectivity index (χ4n) is 3.86. The monoisotopic (exact) mass is 253 g/mol. The molecule has 0 aliphatic heterocycles. The number of carbonyl (C=O) groups is 1. The number of carbonyl (C=O) groups excluding carboxylic acids is 1. The van der Waals surface area contributed by atoms with Crippen molar-refractivity contribution in [3.8, 4) is 0 Å². The number of hydrogen-bond acceptors (Lipinski definition) is 2. The molecule has 0 heterocycles. The molecule has 18 heavy (non-hydrogen) atoms. The summed E-state index contributed by atoms with van der Waals surface area (Å²) >= 11 is 0. The minimum Gasteiger partial charge on any atom is -0.449 e. The van der Waals surface area contributed by atoms with E-state index in [9.17, 15) is 4.79 Å². The van der Waals surface area contributed by atoms with Crippen LogP contribution in [0.2, 0.25) is 0 Å². The Bertz CT molecular complexity index is 308. The Balaban J connectivity index is 1.67. The lowest BCUT2D eigenvalue weighted by atomic mass is 9.46. The summed E-state index contributed by atoms with van der Waals surface area (Å²) in [6.07, 6.45) is 7.35. The molecular weight excluding hydrogens is 226 g/mol. The van der Waals surface area contributed by atoms with Gasteiger partial charge >= 0.3 is 6.09 Å². The van der Waals surface area contributed by atoms with Crippen molar-refractivity contribution in [2.24, 2.45) is 16.7 Å². The van der Waals surface area contributed by atoms with Crippen molar-refractivity contribution in [2.75, 3.05) is 13.2 Å². The van der Waals surface area contributed by atoms with E-state index >= 15 is 0 Å². The topological polar surface area (TPSA) is 38.3 Å².